The van der Waals surface area contributed by atoms with Crippen molar-refractivity contribution in [1.29, 1.82) is 0 Å². The van der Waals surface area contributed by atoms with E-state index in [4.69, 9.17) is 11.6 Å². The molecule has 0 bridgehead atoms. The lowest BCUT2D eigenvalue weighted by atomic mass is 10.2. The average Bonchev–Trinajstić information content (AvgIpc) is 2.63. The smallest absolute Gasteiger partial charge is 0.276 e. The van der Waals surface area contributed by atoms with E-state index in [1.807, 2.05) is 42.5 Å². The van der Waals surface area contributed by atoms with Gasteiger partial charge in [-0.3, -0.25) is 4.79 Å². The highest BCUT2D eigenvalue weighted by Gasteiger charge is 2.15. The van der Waals surface area contributed by atoms with Gasteiger partial charge in [-0.15, -0.1) is 0 Å². The number of halogens is 1. The number of aromatic nitrogens is 2. The second-order valence-electron chi connectivity index (χ2n) is 5.12. The summed E-state index contributed by atoms with van der Waals surface area (Å²) in [5.41, 5.74) is 1.94. The Morgan fingerprint density at radius 1 is 1.04 bits per heavy atom. The fourth-order valence-electron chi connectivity index (χ4n) is 2.16. The van der Waals surface area contributed by atoms with Crippen LogP contribution < -0.4 is 10.2 Å². The van der Waals surface area contributed by atoms with Crippen molar-refractivity contribution in [2.24, 2.45) is 0 Å². The van der Waals surface area contributed by atoms with Crippen LogP contribution in [0.15, 0.2) is 67.0 Å². The third kappa shape index (κ3) is 3.70. The molecule has 2 aromatic carbocycles. The van der Waals surface area contributed by atoms with Gasteiger partial charge in [0.15, 0.2) is 0 Å². The summed E-state index contributed by atoms with van der Waals surface area (Å²) in [7, 11) is 1.71. The van der Waals surface area contributed by atoms with E-state index in [2.05, 4.69) is 15.3 Å². The summed E-state index contributed by atoms with van der Waals surface area (Å²) in [6, 6.07) is 18.2. The number of nitrogens with one attached hydrogen (secondary N) is 1. The van der Waals surface area contributed by atoms with Crippen molar-refractivity contribution in [3.63, 3.8) is 0 Å². The molecule has 1 heterocycles. The molecule has 3 aromatic rings. The molecule has 0 aliphatic heterocycles. The lowest BCUT2D eigenvalue weighted by molar-refractivity contribution is 0.0988. The normalized spacial score (nSPS) is 10.2. The number of hydrogen-bond donors (Lipinski definition) is 1. The molecule has 6 heteroatoms. The van der Waals surface area contributed by atoms with Gasteiger partial charge >= 0.3 is 0 Å². The second kappa shape index (κ2) is 7.10. The molecule has 120 valence electrons. The van der Waals surface area contributed by atoms with E-state index in [1.165, 1.54) is 6.33 Å². The molecule has 0 spiro atoms. The molecule has 0 saturated carbocycles. The summed E-state index contributed by atoms with van der Waals surface area (Å²) in [6.45, 7) is 0. The standard InChI is InChI=1S/C18H15ClN4O/c1-23(15-5-3-2-4-6-15)18(24)16-11-17(21-12-20-16)22-14-9-7-13(19)8-10-14/h2-12H,1H3,(H,20,21,22). The van der Waals surface area contributed by atoms with Crippen LogP contribution in [-0.2, 0) is 0 Å². The molecule has 0 atom stereocenters. The number of hydrogen-bond acceptors (Lipinski definition) is 4. The van der Waals surface area contributed by atoms with Crippen molar-refractivity contribution in [3.05, 3.63) is 77.7 Å². The Kier molecular flexibility index (Phi) is 4.72. The van der Waals surface area contributed by atoms with Crippen LogP contribution in [0.2, 0.25) is 5.02 Å². The van der Waals surface area contributed by atoms with Crippen LogP contribution in [-0.4, -0.2) is 22.9 Å². The maximum Gasteiger partial charge on any atom is 0.276 e. The number of amides is 1. The second-order valence-corrected chi connectivity index (χ2v) is 5.56. The Labute approximate surface area is 144 Å². The molecule has 0 saturated heterocycles. The first-order chi connectivity index (χ1) is 11.6. The molecule has 3 rings (SSSR count). The van der Waals surface area contributed by atoms with Crippen LogP contribution in [0.25, 0.3) is 0 Å². The molecule has 0 aliphatic rings. The minimum Gasteiger partial charge on any atom is -0.340 e. The van der Waals surface area contributed by atoms with Crippen LogP contribution in [0.5, 0.6) is 0 Å². The fraction of sp³-hybridized carbons (Fsp3) is 0.0556. The van der Waals surface area contributed by atoms with E-state index in [-0.39, 0.29) is 5.91 Å². The van der Waals surface area contributed by atoms with Crippen LogP contribution in [0, 0.1) is 0 Å². The Bertz CT molecular complexity index is 837. The number of carbonyl (C=O) groups excluding carboxylic acids is 1. The lowest BCUT2D eigenvalue weighted by Gasteiger charge is -2.17. The number of carbonyl (C=O) groups is 1. The van der Waals surface area contributed by atoms with Crippen LogP contribution in [0.3, 0.4) is 0 Å². The Hall–Kier alpha value is -2.92. The maximum atomic E-state index is 12.6. The van der Waals surface area contributed by atoms with Gasteiger partial charge in [-0.05, 0) is 36.4 Å². The summed E-state index contributed by atoms with van der Waals surface area (Å²) in [6.07, 6.45) is 1.37. The van der Waals surface area contributed by atoms with Crippen molar-refractivity contribution in [2.45, 2.75) is 0 Å². The monoisotopic (exact) mass is 338 g/mol. The molecule has 0 aliphatic carbocycles. The van der Waals surface area contributed by atoms with E-state index in [0.717, 1.165) is 11.4 Å². The van der Waals surface area contributed by atoms with Crippen LogP contribution in [0.1, 0.15) is 10.5 Å². The van der Waals surface area contributed by atoms with E-state index in [9.17, 15) is 4.79 Å². The molecular weight excluding hydrogens is 324 g/mol. The Morgan fingerprint density at radius 3 is 2.46 bits per heavy atom. The zero-order valence-corrected chi connectivity index (χ0v) is 13.7. The van der Waals surface area contributed by atoms with E-state index >= 15 is 0 Å². The largest absolute Gasteiger partial charge is 0.340 e. The zero-order valence-electron chi connectivity index (χ0n) is 13.0. The predicted octanol–water partition coefficient (Wildman–Crippen LogP) is 4.15. The molecule has 0 unspecified atom stereocenters. The molecule has 24 heavy (non-hydrogen) atoms. The highest BCUT2D eigenvalue weighted by atomic mass is 35.5. The minimum absolute atomic E-state index is 0.206. The fourth-order valence-corrected chi connectivity index (χ4v) is 2.29. The van der Waals surface area contributed by atoms with E-state index in [0.29, 0.717) is 16.5 Å². The van der Waals surface area contributed by atoms with Crippen molar-refractivity contribution in [3.8, 4) is 0 Å². The molecule has 1 aromatic heterocycles. The Balaban J connectivity index is 1.79. The number of nitrogens with zero attached hydrogens (tertiary/aromatic N) is 3. The zero-order chi connectivity index (χ0) is 16.9. The number of rotatable bonds is 4. The summed E-state index contributed by atoms with van der Waals surface area (Å²) >= 11 is 5.87. The van der Waals surface area contributed by atoms with Gasteiger partial charge in [-0.25, -0.2) is 9.97 Å². The van der Waals surface area contributed by atoms with Crippen LogP contribution in [0.4, 0.5) is 17.2 Å². The van der Waals surface area contributed by atoms with Gasteiger partial charge in [-0.1, -0.05) is 29.8 Å². The first kappa shape index (κ1) is 16.0. The number of para-hydroxylation sites is 1. The van der Waals surface area contributed by atoms with Crippen molar-refractivity contribution in [1.82, 2.24) is 9.97 Å². The third-order valence-corrected chi connectivity index (χ3v) is 3.70. The highest BCUT2D eigenvalue weighted by molar-refractivity contribution is 6.30. The highest BCUT2D eigenvalue weighted by Crippen LogP contribution is 2.19. The summed E-state index contributed by atoms with van der Waals surface area (Å²) < 4.78 is 0. The quantitative estimate of drug-likeness (QED) is 0.776. The number of benzene rings is 2. The van der Waals surface area contributed by atoms with Gasteiger partial charge in [-0.2, -0.15) is 0 Å². The van der Waals surface area contributed by atoms with Gasteiger partial charge in [0.2, 0.25) is 0 Å². The number of anilines is 3. The average molecular weight is 339 g/mol. The lowest BCUT2D eigenvalue weighted by Crippen LogP contribution is -2.27. The molecule has 0 fully saturated rings. The molecular formula is C18H15ClN4O. The van der Waals surface area contributed by atoms with Gasteiger partial charge in [0.25, 0.3) is 5.91 Å². The van der Waals surface area contributed by atoms with E-state index < -0.39 is 0 Å². The van der Waals surface area contributed by atoms with Gasteiger partial charge < -0.3 is 10.2 Å². The van der Waals surface area contributed by atoms with Crippen molar-refractivity contribution in [2.75, 3.05) is 17.3 Å². The van der Waals surface area contributed by atoms with Crippen molar-refractivity contribution >= 4 is 34.7 Å². The first-order valence-electron chi connectivity index (χ1n) is 7.31. The first-order valence-corrected chi connectivity index (χ1v) is 7.69. The molecule has 1 N–H and O–H groups in total. The molecule has 1 amide bonds. The third-order valence-electron chi connectivity index (χ3n) is 3.45. The van der Waals surface area contributed by atoms with Crippen molar-refractivity contribution < 1.29 is 4.79 Å². The summed E-state index contributed by atoms with van der Waals surface area (Å²) in [4.78, 5) is 22.4. The SMILES string of the molecule is CN(C(=O)c1cc(Nc2ccc(Cl)cc2)ncn1)c1ccccc1. The predicted molar refractivity (Wildman–Crippen MR) is 95.9 cm³/mol. The van der Waals surface area contributed by atoms with Gasteiger partial charge in [0.05, 0.1) is 0 Å². The topological polar surface area (TPSA) is 58.1 Å². The molecule has 5 nitrogen and oxygen atoms in total. The minimum atomic E-state index is -0.206. The Morgan fingerprint density at radius 2 is 1.75 bits per heavy atom. The van der Waals surface area contributed by atoms with E-state index in [1.54, 1.807) is 30.1 Å². The molecule has 0 radical (unpaired) electrons. The van der Waals surface area contributed by atoms with Gasteiger partial charge in [0.1, 0.15) is 17.8 Å². The summed E-state index contributed by atoms with van der Waals surface area (Å²) in [5.74, 6) is 0.333. The maximum absolute atomic E-state index is 12.6. The van der Waals surface area contributed by atoms with Crippen LogP contribution >= 0.6 is 11.6 Å². The summed E-state index contributed by atoms with van der Waals surface area (Å²) in [5, 5.41) is 3.78. The van der Waals surface area contributed by atoms with Gasteiger partial charge in [0, 0.05) is 29.5 Å².